The summed E-state index contributed by atoms with van der Waals surface area (Å²) in [5, 5.41) is 0.217. The molecule has 1 nitrogen and oxygen atoms in total. The molecule has 0 spiro atoms. The molecular weight excluding hydrogens is 316 g/mol. The lowest BCUT2D eigenvalue weighted by Gasteiger charge is -2.38. The van der Waals surface area contributed by atoms with E-state index in [1.807, 2.05) is 0 Å². The third kappa shape index (κ3) is 4.09. The Morgan fingerprint density at radius 3 is 1.95 bits per heavy atom. The minimum atomic E-state index is -1.79. The lowest BCUT2D eigenvalue weighted by molar-refractivity contribution is 0.468. The Morgan fingerprint density at radius 1 is 1.00 bits per heavy atom. The lowest BCUT2D eigenvalue weighted by atomic mass is 9.86. The first-order chi connectivity index (χ1) is 8.34. The molecule has 3 heteroatoms. The van der Waals surface area contributed by atoms with E-state index >= 15 is 0 Å². The van der Waals surface area contributed by atoms with Gasteiger partial charge in [0.1, 0.15) is 5.75 Å². The van der Waals surface area contributed by atoms with Gasteiger partial charge in [0.25, 0.3) is 0 Å². The third-order valence-corrected chi connectivity index (χ3v) is 8.76. The van der Waals surface area contributed by atoms with Crippen LogP contribution in [0.2, 0.25) is 18.1 Å². The summed E-state index contributed by atoms with van der Waals surface area (Å²) < 4.78 is 7.61. The predicted molar refractivity (Wildman–Crippen MR) is 90.7 cm³/mol. The van der Waals surface area contributed by atoms with Crippen LogP contribution in [0, 0.1) is 0 Å². The second-order valence-electron chi connectivity index (χ2n) is 7.75. The molecule has 0 aliphatic carbocycles. The van der Waals surface area contributed by atoms with Gasteiger partial charge in [-0.05, 0) is 47.3 Å². The summed E-state index contributed by atoms with van der Waals surface area (Å²) in [7, 11) is -1.79. The molecule has 0 unspecified atom stereocenters. The Balaban J connectivity index is 3.23. The molecule has 0 saturated heterocycles. The van der Waals surface area contributed by atoms with Gasteiger partial charge in [0.2, 0.25) is 8.32 Å². The first kappa shape index (κ1) is 16.8. The zero-order valence-electron chi connectivity index (χ0n) is 13.5. The molecule has 0 amide bonds. The van der Waals surface area contributed by atoms with Crippen molar-refractivity contribution in [3.05, 3.63) is 28.2 Å². The molecule has 0 aliphatic heterocycles. The Hall–Kier alpha value is -0.283. The van der Waals surface area contributed by atoms with Gasteiger partial charge < -0.3 is 4.43 Å². The number of hydrogen-bond acceptors (Lipinski definition) is 1. The van der Waals surface area contributed by atoms with E-state index in [2.05, 4.69) is 88.8 Å². The van der Waals surface area contributed by atoms with Crippen LogP contribution in [-0.2, 0) is 5.41 Å². The maximum atomic E-state index is 6.50. The molecule has 0 bridgehead atoms. The summed E-state index contributed by atoms with van der Waals surface area (Å²) in [6.07, 6.45) is 0. The maximum Gasteiger partial charge on any atom is 0.250 e. The average molecular weight is 343 g/mol. The van der Waals surface area contributed by atoms with E-state index in [4.69, 9.17) is 4.43 Å². The minimum absolute atomic E-state index is 0.0848. The van der Waals surface area contributed by atoms with Crippen molar-refractivity contribution >= 4 is 24.2 Å². The van der Waals surface area contributed by atoms with Crippen LogP contribution in [0.5, 0.6) is 5.75 Å². The van der Waals surface area contributed by atoms with Crippen molar-refractivity contribution in [2.45, 2.75) is 65.1 Å². The fraction of sp³-hybridized carbons (Fsp3) is 0.625. The van der Waals surface area contributed by atoms with Crippen molar-refractivity contribution in [2.24, 2.45) is 0 Å². The smallest absolute Gasteiger partial charge is 0.250 e. The van der Waals surface area contributed by atoms with Crippen molar-refractivity contribution < 1.29 is 4.43 Å². The molecule has 0 fully saturated rings. The normalized spacial score (nSPS) is 13.5. The summed E-state index contributed by atoms with van der Waals surface area (Å²) >= 11 is 3.56. The zero-order chi connectivity index (χ0) is 15.1. The molecule has 0 aliphatic rings. The Kier molecular flexibility index (Phi) is 4.63. The highest BCUT2D eigenvalue weighted by molar-refractivity contribution is 9.10. The van der Waals surface area contributed by atoms with Gasteiger partial charge in [0.15, 0.2) is 0 Å². The van der Waals surface area contributed by atoms with E-state index in [9.17, 15) is 0 Å². The first-order valence-corrected chi connectivity index (χ1v) is 10.5. The van der Waals surface area contributed by atoms with E-state index in [1.165, 1.54) is 5.56 Å². The van der Waals surface area contributed by atoms with Crippen LogP contribution >= 0.6 is 15.9 Å². The molecular formula is C16H27BrOSi. The molecule has 0 heterocycles. The fourth-order valence-electron chi connectivity index (χ4n) is 1.61. The summed E-state index contributed by atoms with van der Waals surface area (Å²) in [5.74, 6) is 1.04. The van der Waals surface area contributed by atoms with Gasteiger partial charge in [-0.2, -0.15) is 0 Å². The van der Waals surface area contributed by atoms with Crippen LogP contribution in [-0.4, -0.2) is 8.32 Å². The van der Waals surface area contributed by atoms with E-state index < -0.39 is 8.32 Å². The second-order valence-corrected chi connectivity index (χ2v) is 13.4. The molecule has 19 heavy (non-hydrogen) atoms. The molecule has 0 saturated carbocycles. The zero-order valence-corrected chi connectivity index (χ0v) is 16.1. The number of hydrogen-bond donors (Lipinski definition) is 0. The molecule has 1 rings (SSSR count). The molecule has 0 N–H and O–H groups in total. The van der Waals surface area contributed by atoms with Crippen molar-refractivity contribution in [2.75, 3.05) is 0 Å². The summed E-state index contributed by atoms with van der Waals surface area (Å²) in [5.41, 5.74) is 1.35. The van der Waals surface area contributed by atoms with E-state index in [0.29, 0.717) is 0 Å². The highest BCUT2D eigenvalue weighted by Gasteiger charge is 2.39. The molecule has 1 aromatic rings. The van der Waals surface area contributed by atoms with Crippen LogP contribution < -0.4 is 4.43 Å². The summed E-state index contributed by atoms with van der Waals surface area (Å²) in [4.78, 5) is 0. The van der Waals surface area contributed by atoms with E-state index in [-0.39, 0.29) is 10.5 Å². The SMILES string of the molecule is CC(C)(C)c1cc(Br)ccc1O[Si](C)(C)C(C)(C)C. The quantitative estimate of drug-likeness (QED) is 0.587. The minimum Gasteiger partial charge on any atom is -0.543 e. The standard InChI is InChI=1S/C16H27BrOSi/c1-15(2,3)13-11-12(17)9-10-14(13)18-19(7,8)16(4,5)6/h9-11H,1-8H3. The lowest BCUT2D eigenvalue weighted by Crippen LogP contribution is -2.44. The van der Waals surface area contributed by atoms with Gasteiger partial charge in [0.05, 0.1) is 0 Å². The van der Waals surface area contributed by atoms with Gasteiger partial charge in [-0.1, -0.05) is 57.5 Å². The Labute approximate surface area is 128 Å². The van der Waals surface area contributed by atoms with Gasteiger partial charge in [-0.15, -0.1) is 0 Å². The van der Waals surface area contributed by atoms with Crippen molar-refractivity contribution in [3.8, 4) is 5.75 Å². The van der Waals surface area contributed by atoms with Crippen LogP contribution in [0.25, 0.3) is 0 Å². The number of benzene rings is 1. The van der Waals surface area contributed by atoms with E-state index in [0.717, 1.165) is 10.2 Å². The van der Waals surface area contributed by atoms with Crippen LogP contribution in [0.4, 0.5) is 0 Å². The molecule has 108 valence electrons. The van der Waals surface area contributed by atoms with Crippen LogP contribution in [0.15, 0.2) is 22.7 Å². The van der Waals surface area contributed by atoms with Gasteiger partial charge in [-0.3, -0.25) is 0 Å². The van der Waals surface area contributed by atoms with Crippen molar-refractivity contribution in [3.63, 3.8) is 0 Å². The third-order valence-electron chi connectivity index (χ3n) is 3.92. The summed E-state index contributed by atoms with van der Waals surface area (Å²) in [6.45, 7) is 18.1. The van der Waals surface area contributed by atoms with Gasteiger partial charge >= 0.3 is 0 Å². The number of rotatable bonds is 2. The van der Waals surface area contributed by atoms with Crippen molar-refractivity contribution in [1.82, 2.24) is 0 Å². The molecule has 1 aromatic carbocycles. The highest BCUT2D eigenvalue weighted by Crippen LogP contribution is 2.41. The Bertz CT molecular complexity index is 453. The van der Waals surface area contributed by atoms with Gasteiger partial charge in [-0.25, -0.2) is 0 Å². The Morgan fingerprint density at radius 2 is 1.53 bits per heavy atom. The van der Waals surface area contributed by atoms with Gasteiger partial charge in [0, 0.05) is 4.47 Å². The maximum absolute atomic E-state index is 6.50. The van der Waals surface area contributed by atoms with Crippen molar-refractivity contribution in [1.29, 1.82) is 0 Å². The molecule has 0 aromatic heterocycles. The van der Waals surface area contributed by atoms with E-state index in [1.54, 1.807) is 0 Å². The monoisotopic (exact) mass is 342 g/mol. The molecule has 0 atom stereocenters. The topological polar surface area (TPSA) is 9.23 Å². The predicted octanol–water partition coefficient (Wildman–Crippen LogP) is 6.13. The largest absolute Gasteiger partial charge is 0.543 e. The first-order valence-electron chi connectivity index (χ1n) is 6.84. The number of halogens is 1. The summed E-state index contributed by atoms with van der Waals surface area (Å²) in [6, 6.07) is 6.35. The fourth-order valence-corrected chi connectivity index (χ4v) is 3.00. The molecule has 0 radical (unpaired) electrons. The van der Waals surface area contributed by atoms with Crippen LogP contribution in [0.3, 0.4) is 0 Å². The highest BCUT2D eigenvalue weighted by atomic mass is 79.9. The van der Waals surface area contributed by atoms with Crippen LogP contribution in [0.1, 0.15) is 47.1 Å². The average Bonchev–Trinajstić information content (AvgIpc) is 2.17. The second kappa shape index (κ2) is 5.25.